The van der Waals surface area contributed by atoms with Gasteiger partial charge < -0.3 is 5.09 Å². The number of rotatable bonds is 4. The molecule has 0 amide bonds. The molecule has 22 heavy (non-hydrogen) atoms. The van der Waals surface area contributed by atoms with Crippen molar-refractivity contribution in [2.24, 2.45) is 0 Å². The molecule has 1 N–H and O–H groups in total. The van der Waals surface area contributed by atoms with E-state index < -0.39 is 19.7 Å². The largest absolute Gasteiger partial charge is 0.359 e. The van der Waals surface area contributed by atoms with Crippen LogP contribution < -0.4 is 5.09 Å². The fourth-order valence-corrected chi connectivity index (χ4v) is 7.21. The Balaban J connectivity index is 1.80. The van der Waals surface area contributed by atoms with Crippen molar-refractivity contribution in [1.82, 2.24) is 0 Å². The summed E-state index contributed by atoms with van der Waals surface area (Å²) >= 11 is 0. The molecule has 0 aliphatic heterocycles. The molecule has 0 spiro atoms. The van der Waals surface area contributed by atoms with Gasteiger partial charge in [-0.05, 0) is 57.2 Å². The average molecular weight is 325 g/mol. The van der Waals surface area contributed by atoms with Crippen LogP contribution in [0.15, 0.2) is 18.2 Å². The van der Waals surface area contributed by atoms with Crippen LogP contribution in [0, 0.1) is 11.6 Å². The Labute approximate surface area is 133 Å². The molecule has 2 saturated carbocycles. The van der Waals surface area contributed by atoms with Crippen molar-refractivity contribution in [2.75, 3.05) is 5.09 Å². The van der Waals surface area contributed by atoms with E-state index in [2.05, 4.69) is 5.09 Å². The summed E-state index contributed by atoms with van der Waals surface area (Å²) in [5.74, 6) is -0.891. The van der Waals surface area contributed by atoms with Crippen molar-refractivity contribution < 1.29 is 8.78 Å². The van der Waals surface area contributed by atoms with Crippen LogP contribution in [0.1, 0.15) is 64.2 Å². The van der Waals surface area contributed by atoms with E-state index in [4.69, 9.17) is 0 Å². The highest BCUT2D eigenvalue weighted by Crippen LogP contribution is 2.55. The van der Waals surface area contributed by atoms with Crippen molar-refractivity contribution in [1.29, 1.82) is 0 Å². The summed E-state index contributed by atoms with van der Waals surface area (Å²) in [7, 11) is -0.536. The minimum atomic E-state index is -0.536. The molecule has 2 aliphatic carbocycles. The van der Waals surface area contributed by atoms with E-state index in [1.807, 2.05) is 0 Å². The average Bonchev–Trinajstić information content (AvgIpc) is 2.56. The summed E-state index contributed by atoms with van der Waals surface area (Å²) in [6.45, 7) is 0. The standard InChI is InChI=1S/C18H26F2NP/c19-16-12-7-13-17(20)18(16)21-22(14-8-3-1-4-9-14)15-10-5-2-6-11-15/h7,12-15,21H,1-6,8-11H2. The Kier molecular flexibility index (Phi) is 5.68. The number of halogens is 2. The molecular formula is C18H26F2NP. The zero-order valence-corrected chi connectivity index (χ0v) is 14.1. The molecule has 1 aromatic carbocycles. The number of benzene rings is 1. The molecule has 0 saturated heterocycles. The van der Waals surface area contributed by atoms with E-state index >= 15 is 0 Å². The first-order chi connectivity index (χ1) is 10.8. The summed E-state index contributed by atoms with van der Waals surface area (Å²) in [5.41, 5.74) is 1.38. The molecule has 4 heteroatoms. The van der Waals surface area contributed by atoms with Gasteiger partial charge in [0.1, 0.15) is 17.3 Å². The fourth-order valence-electron chi connectivity index (χ4n) is 3.93. The van der Waals surface area contributed by atoms with E-state index in [0.29, 0.717) is 11.3 Å². The van der Waals surface area contributed by atoms with Gasteiger partial charge in [0.2, 0.25) is 0 Å². The van der Waals surface area contributed by atoms with E-state index in [9.17, 15) is 8.78 Å². The quantitative estimate of drug-likeness (QED) is 0.628. The van der Waals surface area contributed by atoms with Gasteiger partial charge in [0.05, 0.1) is 0 Å². The fraction of sp³-hybridized carbons (Fsp3) is 0.667. The zero-order valence-electron chi connectivity index (χ0n) is 13.2. The smallest absolute Gasteiger partial charge is 0.149 e. The van der Waals surface area contributed by atoms with Gasteiger partial charge in [-0.15, -0.1) is 0 Å². The maximum absolute atomic E-state index is 14.1. The maximum atomic E-state index is 14.1. The molecule has 0 radical (unpaired) electrons. The molecule has 1 nitrogen and oxygen atoms in total. The summed E-state index contributed by atoms with van der Waals surface area (Å²) in [5, 5.41) is 3.37. The Morgan fingerprint density at radius 3 is 1.68 bits per heavy atom. The molecule has 0 atom stereocenters. The van der Waals surface area contributed by atoms with Gasteiger partial charge in [0.15, 0.2) is 0 Å². The first-order valence-electron chi connectivity index (χ1n) is 8.74. The van der Waals surface area contributed by atoms with Crippen LogP contribution in [-0.4, -0.2) is 11.3 Å². The van der Waals surface area contributed by atoms with Crippen LogP contribution in [0.3, 0.4) is 0 Å². The van der Waals surface area contributed by atoms with Gasteiger partial charge in [0, 0.05) is 0 Å². The molecule has 2 fully saturated rings. The lowest BCUT2D eigenvalue weighted by Crippen LogP contribution is -2.24. The normalized spacial score (nSPS) is 21.2. The molecule has 122 valence electrons. The van der Waals surface area contributed by atoms with Gasteiger partial charge in [-0.25, -0.2) is 8.78 Å². The molecule has 2 aliphatic rings. The first-order valence-corrected chi connectivity index (χ1v) is 10.2. The SMILES string of the molecule is Fc1cccc(F)c1NP(C1CCCCC1)C1CCCCC1. The summed E-state index contributed by atoms with van der Waals surface area (Å²) in [4.78, 5) is 0. The van der Waals surface area contributed by atoms with Gasteiger partial charge >= 0.3 is 0 Å². The minimum Gasteiger partial charge on any atom is -0.359 e. The number of hydrogen-bond donors (Lipinski definition) is 1. The molecule has 0 bridgehead atoms. The molecule has 1 aromatic rings. The van der Waals surface area contributed by atoms with E-state index in [1.54, 1.807) is 0 Å². The second-order valence-electron chi connectivity index (χ2n) is 6.70. The van der Waals surface area contributed by atoms with E-state index in [0.717, 1.165) is 0 Å². The predicted octanol–water partition coefficient (Wildman–Crippen LogP) is 6.44. The third-order valence-electron chi connectivity index (χ3n) is 5.14. The molecular weight excluding hydrogens is 299 g/mol. The summed E-state index contributed by atoms with van der Waals surface area (Å²) in [6.07, 6.45) is 12.6. The second kappa shape index (κ2) is 7.73. The minimum absolute atomic E-state index is 0.116. The Bertz CT molecular complexity index is 444. The van der Waals surface area contributed by atoms with Crippen LogP contribution >= 0.6 is 8.07 Å². The van der Waals surface area contributed by atoms with Crippen LogP contribution in [-0.2, 0) is 0 Å². The van der Waals surface area contributed by atoms with Crippen LogP contribution in [0.25, 0.3) is 0 Å². The highest BCUT2D eigenvalue weighted by molar-refractivity contribution is 7.60. The van der Waals surface area contributed by atoms with Gasteiger partial charge in [-0.1, -0.05) is 44.6 Å². The van der Waals surface area contributed by atoms with Gasteiger partial charge in [-0.3, -0.25) is 0 Å². The lowest BCUT2D eigenvalue weighted by molar-refractivity contribution is 0.485. The number of para-hydroxylation sites is 1. The van der Waals surface area contributed by atoms with Crippen molar-refractivity contribution in [3.8, 4) is 0 Å². The monoisotopic (exact) mass is 325 g/mol. The van der Waals surface area contributed by atoms with Crippen molar-refractivity contribution in [2.45, 2.75) is 75.5 Å². The molecule has 0 unspecified atom stereocenters. The van der Waals surface area contributed by atoms with Crippen molar-refractivity contribution in [3.05, 3.63) is 29.8 Å². The molecule has 3 rings (SSSR count). The second-order valence-corrected chi connectivity index (χ2v) is 9.20. The van der Waals surface area contributed by atoms with Crippen molar-refractivity contribution in [3.63, 3.8) is 0 Å². The number of nitrogens with one attached hydrogen (secondary N) is 1. The highest BCUT2D eigenvalue weighted by atomic mass is 31.1. The zero-order chi connectivity index (χ0) is 15.4. The summed E-state index contributed by atoms with van der Waals surface area (Å²) in [6, 6.07) is 4.17. The van der Waals surface area contributed by atoms with Crippen LogP contribution in [0.5, 0.6) is 0 Å². The first kappa shape index (κ1) is 16.2. The number of anilines is 1. The predicted molar refractivity (Wildman–Crippen MR) is 90.6 cm³/mol. The van der Waals surface area contributed by atoms with Gasteiger partial charge in [-0.2, -0.15) is 0 Å². The molecule has 0 heterocycles. The Morgan fingerprint density at radius 1 is 0.773 bits per heavy atom. The topological polar surface area (TPSA) is 12.0 Å². The lowest BCUT2D eigenvalue weighted by Gasteiger charge is -2.39. The third-order valence-corrected chi connectivity index (χ3v) is 8.23. The van der Waals surface area contributed by atoms with Crippen LogP contribution in [0.2, 0.25) is 0 Å². The lowest BCUT2D eigenvalue weighted by atomic mass is 10.00. The van der Waals surface area contributed by atoms with E-state index in [1.165, 1.54) is 82.4 Å². The number of hydrogen-bond acceptors (Lipinski definition) is 1. The Morgan fingerprint density at radius 2 is 1.23 bits per heavy atom. The third kappa shape index (κ3) is 3.79. The Hall–Kier alpha value is -0.690. The maximum Gasteiger partial charge on any atom is 0.149 e. The van der Waals surface area contributed by atoms with E-state index in [-0.39, 0.29) is 5.69 Å². The highest BCUT2D eigenvalue weighted by Gasteiger charge is 2.32. The van der Waals surface area contributed by atoms with Gasteiger partial charge in [0.25, 0.3) is 0 Å². The van der Waals surface area contributed by atoms with Crippen molar-refractivity contribution >= 4 is 13.8 Å². The summed E-state index contributed by atoms with van der Waals surface area (Å²) < 4.78 is 28.1. The molecule has 0 aromatic heterocycles. The van der Waals surface area contributed by atoms with Crippen LogP contribution in [0.4, 0.5) is 14.5 Å².